The molecule has 4 aromatic carbocycles. The number of aromatic amines is 4. The van der Waals surface area contributed by atoms with E-state index in [0.717, 1.165) is 102 Å². The molecule has 0 aliphatic carbocycles. The van der Waals surface area contributed by atoms with E-state index in [4.69, 9.17) is 56.3 Å². The first kappa shape index (κ1) is 63.3. The number of benzene rings is 4. The lowest BCUT2D eigenvalue weighted by atomic mass is 9.79. The molecule has 23 heteroatoms. The smallest absolute Gasteiger partial charge is 0.276 e. The van der Waals surface area contributed by atoms with Gasteiger partial charge in [-0.3, -0.25) is 9.59 Å². The number of hydrogen-bond donors (Lipinski definition) is 6. The zero-order valence-electron chi connectivity index (χ0n) is 47.9. The maximum absolute atomic E-state index is 12.0. The van der Waals surface area contributed by atoms with E-state index in [2.05, 4.69) is 44.2 Å². The van der Waals surface area contributed by atoms with Crippen molar-refractivity contribution in [1.82, 2.24) is 38.3 Å². The third-order valence-corrected chi connectivity index (χ3v) is 20.5. The minimum atomic E-state index is -3.57. The number of sulfonamides is 1. The monoisotopic (exact) mass is 1270 g/mol. The van der Waals surface area contributed by atoms with Gasteiger partial charge in [0.25, 0.3) is 16.1 Å². The molecule has 12 rings (SSSR count). The number of aliphatic hydroxyl groups is 1. The van der Waals surface area contributed by atoms with Gasteiger partial charge in [0.05, 0.1) is 6.26 Å². The number of carbonyl (C=O) groups is 2. The molecular weight excluding hydrogens is 1190 g/mol. The van der Waals surface area contributed by atoms with Crippen LogP contribution in [0.3, 0.4) is 0 Å². The molecule has 4 aliphatic rings. The van der Waals surface area contributed by atoms with E-state index >= 15 is 0 Å². The number of aliphatic hydroxyl groups excluding tert-OH is 1. The molecule has 0 radical (unpaired) electrons. The summed E-state index contributed by atoms with van der Waals surface area (Å²) in [5.74, 6) is 1.38. The van der Waals surface area contributed by atoms with Gasteiger partial charge in [0.2, 0.25) is 15.9 Å². The number of piperidine rings is 4. The lowest BCUT2D eigenvalue weighted by Crippen LogP contribution is -2.51. The van der Waals surface area contributed by atoms with Crippen molar-refractivity contribution in [3.63, 3.8) is 0 Å². The highest BCUT2D eigenvalue weighted by molar-refractivity contribution is 7.88. The van der Waals surface area contributed by atoms with Gasteiger partial charge in [-0.2, -0.15) is 17.0 Å². The number of hydrogen-bond acceptors (Lipinski definition) is 8. The Bertz CT molecular complexity index is 3840. The van der Waals surface area contributed by atoms with Crippen molar-refractivity contribution in [1.29, 1.82) is 0 Å². The normalized spacial score (nSPS) is 19.2. The van der Waals surface area contributed by atoms with Crippen molar-refractivity contribution in [2.24, 2.45) is 5.14 Å². The summed E-state index contributed by atoms with van der Waals surface area (Å²) in [6.07, 6.45) is 14.9. The highest BCUT2D eigenvalue weighted by Crippen LogP contribution is 2.43. The fourth-order valence-corrected chi connectivity index (χ4v) is 16.0. The largest absolute Gasteiger partial charge is 0.384 e. The first-order valence-corrected chi connectivity index (χ1v) is 33.3. The van der Waals surface area contributed by atoms with E-state index in [1.165, 1.54) is 55.9 Å². The Morgan fingerprint density at radius 3 is 1.24 bits per heavy atom. The van der Waals surface area contributed by atoms with Gasteiger partial charge in [-0.15, -0.1) is 0 Å². The summed E-state index contributed by atoms with van der Waals surface area (Å²) in [6, 6.07) is 24.1. The fraction of sp³-hybridized carbons (Fsp3) is 0.443. The lowest BCUT2D eigenvalue weighted by molar-refractivity contribution is -0.140. The van der Waals surface area contributed by atoms with Crippen LogP contribution in [0, 0.1) is 0 Å². The standard InChI is InChI=1S/C16H21ClN2O2S.2C16H19ClN2O2.C13H16ClN3O2S/c1-16(2)10-11(5-7-19(16)22(3,20)21)14-8-12(17)9-15-13(14)4-6-18-15;1-21-10-16(20)19-6-3-11(4-7-19)14-8-12(17)9-15-13(14)2-5-18-15;1-10(20)16(21)19-6-3-11(4-7-19)14-8-12(17)9-15-13(14)2-5-18-15;14-10-7-12(11-1-4-16-13(11)8-10)9-2-5-17(6-3-9)20(15,18)19/h4,6,8-9,11,18H,5,7,10H2,1-3H3;2,5,8-9,11,18H,3-4,6-7,10H2,1H3;2,5,8-11,18,20H,3-4,6-7H2,1H3;1,4,7-9,16H,2-3,5-6H2,(H2,15,18,19). The van der Waals surface area contributed by atoms with E-state index in [-0.39, 0.29) is 24.0 Å². The molecule has 7 N–H and O–H groups in total. The van der Waals surface area contributed by atoms with Crippen molar-refractivity contribution >= 4 is 122 Å². The Morgan fingerprint density at radius 1 is 0.583 bits per heavy atom. The van der Waals surface area contributed by atoms with Crippen LogP contribution >= 0.6 is 46.4 Å². The van der Waals surface area contributed by atoms with Crippen molar-refractivity contribution in [2.75, 3.05) is 65.8 Å². The van der Waals surface area contributed by atoms with Crippen molar-refractivity contribution in [2.45, 2.75) is 107 Å². The summed E-state index contributed by atoms with van der Waals surface area (Å²) in [5, 5.41) is 22.3. The maximum Gasteiger partial charge on any atom is 0.276 e. The van der Waals surface area contributed by atoms with E-state index in [1.807, 2.05) is 92.1 Å². The molecule has 2 unspecified atom stereocenters. The second-order valence-electron chi connectivity index (χ2n) is 23.2. The number of nitrogens with zero attached hydrogens (tertiary/aromatic N) is 4. The van der Waals surface area contributed by atoms with E-state index in [9.17, 15) is 31.5 Å². The van der Waals surface area contributed by atoms with Gasteiger partial charge in [0, 0.05) is 147 Å². The van der Waals surface area contributed by atoms with E-state index in [0.29, 0.717) is 66.4 Å². The second kappa shape index (κ2) is 26.8. The summed E-state index contributed by atoms with van der Waals surface area (Å²) < 4.78 is 54.5. The molecule has 17 nitrogen and oxygen atoms in total. The quantitative estimate of drug-likeness (QED) is 0.0811. The van der Waals surface area contributed by atoms with Crippen LogP contribution in [0.1, 0.15) is 118 Å². The first-order valence-electron chi connectivity index (χ1n) is 28.4. The number of amides is 2. The topological polar surface area (TPSA) is 234 Å². The molecule has 0 spiro atoms. The molecule has 8 aromatic rings. The molecule has 8 heterocycles. The molecule has 4 fully saturated rings. The zero-order valence-corrected chi connectivity index (χ0v) is 52.6. The summed E-state index contributed by atoms with van der Waals surface area (Å²) in [6.45, 7) is 10.1. The minimum Gasteiger partial charge on any atom is -0.384 e. The highest BCUT2D eigenvalue weighted by atomic mass is 35.5. The molecule has 0 saturated carbocycles. The predicted octanol–water partition coefficient (Wildman–Crippen LogP) is 12.0. The molecular formula is C61H75Cl4N9O8S2. The van der Waals surface area contributed by atoms with Gasteiger partial charge >= 0.3 is 0 Å². The Balaban J connectivity index is 0.000000134. The number of nitrogens with two attached hydrogens (primary N) is 1. The number of methoxy groups -OCH3 is 1. The van der Waals surface area contributed by atoms with Crippen LogP contribution in [-0.4, -0.2) is 150 Å². The Kier molecular flexibility index (Phi) is 20.2. The van der Waals surface area contributed by atoms with Gasteiger partial charge < -0.3 is 39.6 Å². The highest BCUT2D eigenvalue weighted by Gasteiger charge is 2.41. The van der Waals surface area contributed by atoms with Gasteiger partial charge in [0.15, 0.2) is 0 Å². The Morgan fingerprint density at radius 2 is 0.917 bits per heavy atom. The first-order chi connectivity index (χ1) is 39.9. The van der Waals surface area contributed by atoms with Crippen molar-refractivity contribution in [3.8, 4) is 0 Å². The van der Waals surface area contributed by atoms with Crippen LogP contribution in [0.2, 0.25) is 20.1 Å². The Labute approximate surface area is 511 Å². The predicted molar refractivity (Wildman–Crippen MR) is 338 cm³/mol. The summed E-state index contributed by atoms with van der Waals surface area (Å²) in [4.78, 5) is 40.1. The van der Waals surface area contributed by atoms with Crippen LogP contribution in [-0.2, 0) is 34.6 Å². The van der Waals surface area contributed by atoms with E-state index < -0.39 is 26.3 Å². The van der Waals surface area contributed by atoms with Gasteiger partial charge in [0.1, 0.15) is 12.7 Å². The summed E-state index contributed by atoms with van der Waals surface area (Å²) in [5.41, 5.74) is 8.73. The third-order valence-electron chi connectivity index (χ3n) is 17.0. The Hall–Kier alpha value is -5.16. The third kappa shape index (κ3) is 15.0. The lowest BCUT2D eigenvalue weighted by Gasteiger charge is -2.44. The SMILES string of the molecule is CC(O)C(=O)N1CCC(c2cc(Cl)cc3[nH]ccc23)CC1.CC1(C)CC(c2cc(Cl)cc3[nH]ccc23)CCN1S(C)(=O)=O.COCC(=O)N1CCC(c2cc(Cl)cc3[nH]ccc23)CC1.NS(=O)(=O)N1CCC(c2cc(Cl)cc3[nH]ccc23)CC1. The number of H-pyrrole nitrogens is 4. The molecule has 0 bridgehead atoms. The molecule has 2 atom stereocenters. The average Bonchev–Trinajstić information content (AvgIpc) is 4.52. The molecule has 4 aromatic heterocycles. The molecule has 84 heavy (non-hydrogen) atoms. The maximum atomic E-state index is 12.0. The second-order valence-corrected chi connectivity index (χ2v) is 28.4. The number of fused-ring (bicyclic) bond motifs is 4. The van der Waals surface area contributed by atoms with Crippen LogP contribution < -0.4 is 5.14 Å². The number of aromatic nitrogens is 4. The average molecular weight is 1270 g/mol. The number of carbonyl (C=O) groups excluding carboxylic acids is 2. The van der Waals surface area contributed by atoms with Gasteiger partial charge in [-0.25, -0.2) is 13.6 Å². The molecule has 4 aliphatic heterocycles. The fourth-order valence-electron chi connectivity index (χ4n) is 13.0. The molecule has 4 saturated heterocycles. The zero-order chi connectivity index (χ0) is 60.3. The molecule has 2 amide bonds. The van der Waals surface area contributed by atoms with Gasteiger partial charge in [-0.05, 0) is 191 Å². The summed E-state index contributed by atoms with van der Waals surface area (Å²) >= 11 is 24.8. The van der Waals surface area contributed by atoms with Crippen molar-refractivity contribution < 1.29 is 36.3 Å². The number of halogens is 4. The number of nitrogens with one attached hydrogen (secondary N) is 4. The van der Waals surface area contributed by atoms with Crippen LogP contribution in [0.25, 0.3) is 43.6 Å². The molecule has 452 valence electrons. The van der Waals surface area contributed by atoms with Crippen LogP contribution in [0.15, 0.2) is 97.6 Å². The minimum absolute atomic E-state index is 0.0776. The van der Waals surface area contributed by atoms with Crippen molar-refractivity contribution in [3.05, 3.63) is 140 Å². The number of likely N-dealkylation sites (tertiary alicyclic amines) is 2. The van der Waals surface area contributed by atoms with Gasteiger partial charge in [-0.1, -0.05) is 46.4 Å². The summed E-state index contributed by atoms with van der Waals surface area (Å²) in [7, 11) is -5.19. The van der Waals surface area contributed by atoms with Crippen LogP contribution in [0.4, 0.5) is 0 Å². The number of ether oxygens (including phenoxy) is 1. The van der Waals surface area contributed by atoms with Crippen LogP contribution in [0.5, 0.6) is 0 Å². The number of rotatable bonds is 9. The van der Waals surface area contributed by atoms with E-state index in [1.54, 1.807) is 16.3 Å².